The minimum atomic E-state index is -0.127. The molecule has 2 rings (SSSR count). The number of nitrogens with zero attached hydrogens (tertiary/aromatic N) is 1. The van der Waals surface area contributed by atoms with Crippen molar-refractivity contribution in [3.8, 4) is 0 Å². The molecule has 0 radical (unpaired) electrons. The van der Waals surface area contributed by atoms with Crippen molar-refractivity contribution in [3.63, 3.8) is 0 Å². The minimum absolute atomic E-state index is 0.0469. The van der Waals surface area contributed by atoms with Crippen LogP contribution in [0.5, 0.6) is 0 Å². The Kier molecular flexibility index (Phi) is 5.11. The first-order chi connectivity index (χ1) is 9.56. The van der Waals surface area contributed by atoms with Crippen LogP contribution in [-0.4, -0.2) is 17.4 Å². The van der Waals surface area contributed by atoms with Crippen LogP contribution in [0.4, 0.5) is 5.69 Å². The van der Waals surface area contributed by atoms with E-state index in [1.54, 1.807) is 23.5 Å². The second-order valence-electron chi connectivity index (χ2n) is 4.44. The first-order valence-electron chi connectivity index (χ1n) is 6.26. The van der Waals surface area contributed by atoms with E-state index in [1.165, 1.54) is 0 Å². The number of anilines is 1. The molecular weight excluding hydrogens is 294 g/mol. The summed E-state index contributed by atoms with van der Waals surface area (Å²) >= 11 is 7.61. The Bertz CT molecular complexity index is 600. The number of nitrogens with one attached hydrogen (secondary N) is 2. The van der Waals surface area contributed by atoms with Gasteiger partial charge >= 0.3 is 0 Å². The maximum absolute atomic E-state index is 11.9. The first-order valence-corrected chi connectivity index (χ1v) is 7.46. The van der Waals surface area contributed by atoms with E-state index < -0.39 is 0 Å². The lowest BCUT2D eigenvalue weighted by Gasteiger charge is -2.11. The number of hydrogen-bond acceptors (Lipinski definition) is 4. The van der Waals surface area contributed by atoms with Gasteiger partial charge in [-0.25, -0.2) is 4.98 Å². The molecule has 2 aromatic rings. The highest BCUT2D eigenvalue weighted by atomic mass is 35.5. The number of hydrogen-bond donors (Lipinski definition) is 2. The van der Waals surface area contributed by atoms with Gasteiger partial charge in [0.15, 0.2) is 0 Å². The number of aromatic nitrogens is 1. The Balaban J connectivity index is 1.85. The van der Waals surface area contributed by atoms with E-state index in [0.29, 0.717) is 10.7 Å². The SMILES string of the molecule is Cc1cnc(C(C)NCC(=O)Nc2ccccc2Cl)s1. The Hall–Kier alpha value is -1.43. The molecule has 1 amide bonds. The molecule has 6 heteroatoms. The summed E-state index contributed by atoms with van der Waals surface area (Å²) in [6, 6.07) is 7.21. The number of halogens is 1. The third-order valence-electron chi connectivity index (χ3n) is 2.73. The summed E-state index contributed by atoms with van der Waals surface area (Å²) in [4.78, 5) is 17.3. The lowest BCUT2D eigenvalue weighted by atomic mass is 10.3. The zero-order valence-corrected chi connectivity index (χ0v) is 12.9. The standard InChI is InChI=1S/C14H16ClN3OS/c1-9-7-17-14(20-9)10(2)16-8-13(19)18-12-6-4-3-5-11(12)15/h3-7,10,16H,8H2,1-2H3,(H,18,19). The summed E-state index contributed by atoms with van der Waals surface area (Å²) in [5.41, 5.74) is 0.624. The summed E-state index contributed by atoms with van der Waals surface area (Å²) in [6.45, 7) is 4.21. The highest BCUT2D eigenvalue weighted by Gasteiger charge is 2.11. The van der Waals surface area contributed by atoms with Gasteiger partial charge in [0, 0.05) is 11.1 Å². The van der Waals surface area contributed by atoms with Crippen molar-refractivity contribution in [3.05, 3.63) is 45.4 Å². The molecule has 0 bridgehead atoms. The molecule has 106 valence electrons. The second-order valence-corrected chi connectivity index (χ2v) is 6.11. The molecule has 0 spiro atoms. The fourth-order valence-electron chi connectivity index (χ4n) is 1.66. The van der Waals surface area contributed by atoms with Crippen LogP contribution in [0, 0.1) is 6.92 Å². The molecule has 4 nitrogen and oxygen atoms in total. The quantitative estimate of drug-likeness (QED) is 0.890. The number of benzene rings is 1. The van der Waals surface area contributed by atoms with Gasteiger partial charge in [-0.2, -0.15) is 0 Å². The van der Waals surface area contributed by atoms with E-state index in [4.69, 9.17) is 11.6 Å². The van der Waals surface area contributed by atoms with Crippen molar-refractivity contribution >= 4 is 34.5 Å². The van der Waals surface area contributed by atoms with Crippen molar-refractivity contribution in [2.75, 3.05) is 11.9 Å². The number of carbonyl (C=O) groups excluding carboxylic acids is 1. The van der Waals surface area contributed by atoms with Gasteiger partial charge < -0.3 is 5.32 Å². The molecule has 2 N–H and O–H groups in total. The van der Waals surface area contributed by atoms with E-state index in [-0.39, 0.29) is 18.5 Å². The molecule has 0 aliphatic carbocycles. The molecule has 1 aromatic heterocycles. The van der Waals surface area contributed by atoms with E-state index >= 15 is 0 Å². The number of rotatable bonds is 5. The highest BCUT2D eigenvalue weighted by Crippen LogP contribution is 2.21. The average Bonchev–Trinajstić information content (AvgIpc) is 2.85. The average molecular weight is 310 g/mol. The number of aryl methyl sites for hydroxylation is 1. The lowest BCUT2D eigenvalue weighted by Crippen LogP contribution is -2.30. The minimum Gasteiger partial charge on any atom is -0.324 e. The van der Waals surface area contributed by atoms with Crippen molar-refractivity contribution in [1.82, 2.24) is 10.3 Å². The van der Waals surface area contributed by atoms with Crippen LogP contribution in [0.3, 0.4) is 0 Å². The molecule has 0 fully saturated rings. The molecular formula is C14H16ClN3OS. The smallest absolute Gasteiger partial charge is 0.238 e. The Labute approximate surface area is 127 Å². The summed E-state index contributed by atoms with van der Waals surface area (Å²) in [6.07, 6.45) is 1.84. The monoisotopic (exact) mass is 309 g/mol. The molecule has 1 atom stereocenters. The van der Waals surface area contributed by atoms with Crippen molar-refractivity contribution in [2.24, 2.45) is 0 Å². The van der Waals surface area contributed by atoms with Crippen LogP contribution in [0.25, 0.3) is 0 Å². The predicted octanol–water partition coefficient (Wildman–Crippen LogP) is 3.39. The van der Waals surface area contributed by atoms with E-state index in [1.807, 2.05) is 32.2 Å². The molecule has 0 saturated heterocycles. The van der Waals surface area contributed by atoms with Gasteiger partial charge in [0.1, 0.15) is 5.01 Å². The summed E-state index contributed by atoms with van der Waals surface area (Å²) in [5, 5.41) is 7.43. The summed E-state index contributed by atoms with van der Waals surface area (Å²) < 4.78 is 0. The Morgan fingerprint density at radius 2 is 2.20 bits per heavy atom. The van der Waals surface area contributed by atoms with E-state index in [9.17, 15) is 4.79 Å². The van der Waals surface area contributed by atoms with Crippen LogP contribution in [-0.2, 0) is 4.79 Å². The van der Waals surface area contributed by atoms with Gasteiger partial charge in [-0.3, -0.25) is 10.1 Å². The number of carbonyl (C=O) groups is 1. The number of amides is 1. The zero-order chi connectivity index (χ0) is 14.5. The fourth-order valence-corrected chi connectivity index (χ4v) is 2.65. The van der Waals surface area contributed by atoms with Gasteiger partial charge in [-0.1, -0.05) is 23.7 Å². The van der Waals surface area contributed by atoms with Gasteiger partial charge in [0.25, 0.3) is 0 Å². The summed E-state index contributed by atoms with van der Waals surface area (Å²) in [5.74, 6) is -0.127. The van der Waals surface area contributed by atoms with Gasteiger partial charge in [0.2, 0.25) is 5.91 Å². The van der Waals surface area contributed by atoms with Gasteiger partial charge in [-0.15, -0.1) is 11.3 Å². The van der Waals surface area contributed by atoms with Crippen molar-refractivity contribution in [2.45, 2.75) is 19.9 Å². The zero-order valence-electron chi connectivity index (χ0n) is 11.3. The largest absolute Gasteiger partial charge is 0.324 e. The molecule has 20 heavy (non-hydrogen) atoms. The number of thiazole rings is 1. The molecule has 1 unspecified atom stereocenters. The third kappa shape index (κ3) is 4.03. The van der Waals surface area contributed by atoms with E-state index in [0.717, 1.165) is 9.88 Å². The lowest BCUT2D eigenvalue weighted by molar-refractivity contribution is -0.115. The Morgan fingerprint density at radius 3 is 2.85 bits per heavy atom. The van der Waals surface area contributed by atoms with Crippen LogP contribution in [0.1, 0.15) is 22.9 Å². The molecule has 0 saturated carbocycles. The Morgan fingerprint density at radius 1 is 1.45 bits per heavy atom. The van der Waals surface area contributed by atoms with Crippen molar-refractivity contribution in [1.29, 1.82) is 0 Å². The highest BCUT2D eigenvalue weighted by molar-refractivity contribution is 7.11. The summed E-state index contributed by atoms with van der Waals surface area (Å²) in [7, 11) is 0. The molecule has 0 aliphatic heterocycles. The van der Waals surface area contributed by atoms with Crippen molar-refractivity contribution < 1.29 is 4.79 Å². The fraction of sp³-hybridized carbons (Fsp3) is 0.286. The third-order valence-corrected chi connectivity index (χ3v) is 4.15. The topological polar surface area (TPSA) is 54.0 Å². The van der Waals surface area contributed by atoms with Crippen LogP contribution >= 0.6 is 22.9 Å². The molecule has 1 heterocycles. The van der Waals surface area contributed by atoms with E-state index in [2.05, 4.69) is 15.6 Å². The molecule has 1 aromatic carbocycles. The number of para-hydroxylation sites is 1. The normalized spacial score (nSPS) is 12.2. The second kappa shape index (κ2) is 6.83. The van der Waals surface area contributed by atoms with Crippen LogP contribution in [0.15, 0.2) is 30.5 Å². The maximum atomic E-state index is 11.9. The van der Waals surface area contributed by atoms with Gasteiger partial charge in [-0.05, 0) is 26.0 Å². The maximum Gasteiger partial charge on any atom is 0.238 e. The van der Waals surface area contributed by atoms with Gasteiger partial charge in [0.05, 0.1) is 23.3 Å². The predicted molar refractivity (Wildman–Crippen MR) is 83.4 cm³/mol. The first kappa shape index (κ1) is 15.0. The van der Waals surface area contributed by atoms with Crippen LogP contribution in [0.2, 0.25) is 5.02 Å². The molecule has 0 aliphatic rings. The van der Waals surface area contributed by atoms with Crippen LogP contribution < -0.4 is 10.6 Å².